The highest BCUT2D eigenvalue weighted by molar-refractivity contribution is 6.14. The van der Waals surface area contributed by atoms with Crippen LogP contribution < -0.4 is 0 Å². The van der Waals surface area contributed by atoms with Gasteiger partial charge >= 0.3 is 6.18 Å². The highest BCUT2D eigenvalue weighted by Crippen LogP contribution is 2.34. The number of hydrogen-bond donors (Lipinski definition) is 1. The molecule has 1 N–H and O–H groups in total. The van der Waals surface area contributed by atoms with E-state index in [1.165, 1.54) is 17.9 Å². The van der Waals surface area contributed by atoms with E-state index in [0.717, 1.165) is 35.7 Å². The van der Waals surface area contributed by atoms with Crippen molar-refractivity contribution >= 4 is 22.3 Å². The zero-order chi connectivity index (χ0) is 19.0. The predicted molar refractivity (Wildman–Crippen MR) is 97.1 cm³/mol. The smallest absolute Gasteiger partial charge is 0.278 e. The molecule has 4 rings (SSSR count). The second-order valence-electron chi connectivity index (χ2n) is 6.64. The topological polar surface area (TPSA) is 58.9 Å². The van der Waals surface area contributed by atoms with Crippen LogP contribution in [-0.2, 0) is 13.2 Å². The maximum atomic E-state index is 13.5. The summed E-state index contributed by atoms with van der Waals surface area (Å²) >= 11 is 0. The third kappa shape index (κ3) is 3.51. The summed E-state index contributed by atoms with van der Waals surface area (Å²) in [6, 6.07) is 5.40. The predicted octanol–water partition coefficient (Wildman–Crippen LogP) is 4.94. The SMILES string of the molecule is Cn1cc(C(=Nc2ccc3[nH]ncc3c2)C2=CCCCC2)c(C(F)(F)F)n1. The first-order valence-electron chi connectivity index (χ1n) is 8.74. The van der Waals surface area contributed by atoms with E-state index in [1.54, 1.807) is 12.3 Å². The Morgan fingerprint density at radius 1 is 1.26 bits per heavy atom. The van der Waals surface area contributed by atoms with E-state index in [4.69, 9.17) is 0 Å². The first kappa shape index (κ1) is 17.5. The van der Waals surface area contributed by atoms with Gasteiger partial charge in [-0.05, 0) is 49.5 Å². The lowest BCUT2D eigenvalue weighted by molar-refractivity contribution is -0.141. The molecule has 1 aliphatic rings. The molecule has 140 valence electrons. The van der Waals surface area contributed by atoms with Gasteiger partial charge in [-0.15, -0.1) is 0 Å². The van der Waals surface area contributed by atoms with E-state index >= 15 is 0 Å². The number of nitrogens with zero attached hydrogens (tertiary/aromatic N) is 4. The van der Waals surface area contributed by atoms with Crippen LogP contribution in [0.5, 0.6) is 0 Å². The highest BCUT2D eigenvalue weighted by atomic mass is 19.4. The van der Waals surface area contributed by atoms with E-state index in [0.29, 0.717) is 17.8 Å². The second-order valence-corrected chi connectivity index (χ2v) is 6.64. The van der Waals surface area contributed by atoms with Gasteiger partial charge in [-0.1, -0.05) is 6.08 Å². The van der Waals surface area contributed by atoms with Gasteiger partial charge in [0.25, 0.3) is 0 Å². The molecular formula is C19H18F3N5. The largest absolute Gasteiger partial charge is 0.435 e. The van der Waals surface area contributed by atoms with E-state index in [2.05, 4.69) is 20.3 Å². The molecule has 0 saturated heterocycles. The Morgan fingerprint density at radius 2 is 2.11 bits per heavy atom. The van der Waals surface area contributed by atoms with Crippen molar-refractivity contribution in [3.05, 3.63) is 53.5 Å². The van der Waals surface area contributed by atoms with Crippen LogP contribution >= 0.6 is 0 Å². The van der Waals surface area contributed by atoms with Crippen LogP contribution in [0.1, 0.15) is 36.9 Å². The summed E-state index contributed by atoms with van der Waals surface area (Å²) in [5, 5.41) is 11.3. The van der Waals surface area contributed by atoms with Gasteiger partial charge in [-0.25, -0.2) is 4.99 Å². The van der Waals surface area contributed by atoms with Crippen LogP contribution in [0.3, 0.4) is 0 Å². The maximum absolute atomic E-state index is 13.5. The Balaban J connectivity index is 1.89. The third-order valence-corrected chi connectivity index (χ3v) is 4.61. The van der Waals surface area contributed by atoms with Crippen molar-refractivity contribution in [1.29, 1.82) is 0 Å². The van der Waals surface area contributed by atoms with Crippen LogP contribution in [0.25, 0.3) is 10.9 Å². The van der Waals surface area contributed by atoms with Crippen LogP contribution in [0.2, 0.25) is 0 Å². The molecule has 0 radical (unpaired) electrons. The van der Waals surface area contributed by atoms with Crippen molar-refractivity contribution in [2.45, 2.75) is 31.9 Å². The number of halogens is 3. The van der Waals surface area contributed by atoms with Gasteiger partial charge in [-0.3, -0.25) is 9.78 Å². The Morgan fingerprint density at radius 3 is 2.85 bits per heavy atom. The lowest BCUT2D eigenvalue weighted by Gasteiger charge is -2.16. The molecule has 8 heteroatoms. The normalized spacial score (nSPS) is 16.0. The molecule has 1 aromatic carbocycles. The van der Waals surface area contributed by atoms with Crippen molar-refractivity contribution in [1.82, 2.24) is 20.0 Å². The highest BCUT2D eigenvalue weighted by Gasteiger charge is 2.38. The number of allylic oxidation sites excluding steroid dienone is 2. The molecule has 0 saturated carbocycles. The summed E-state index contributed by atoms with van der Waals surface area (Å²) in [5.41, 5.74) is 1.74. The minimum Gasteiger partial charge on any atom is -0.278 e. The molecule has 1 aliphatic carbocycles. The number of aryl methyl sites for hydroxylation is 1. The number of hydrogen-bond acceptors (Lipinski definition) is 3. The molecule has 5 nitrogen and oxygen atoms in total. The molecule has 2 heterocycles. The Hall–Kier alpha value is -2.90. The quantitative estimate of drug-likeness (QED) is 0.662. The van der Waals surface area contributed by atoms with E-state index in [9.17, 15) is 13.2 Å². The fourth-order valence-electron chi connectivity index (χ4n) is 3.36. The lowest BCUT2D eigenvalue weighted by atomic mass is 9.92. The average Bonchev–Trinajstić information content (AvgIpc) is 3.26. The fourth-order valence-corrected chi connectivity index (χ4v) is 3.36. The zero-order valence-electron chi connectivity index (χ0n) is 14.7. The van der Waals surface area contributed by atoms with Gasteiger partial charge in [0.2, 0.25) is 0 Å². The molecular weight excluding hydrogens is 355 g/mol. The number of benzene rings is 1. The molecule has 3 aromatic rings. The summed E-state index contributed by atoms with van der Waals surface area (Å²) in [7, 11) is 1.49. The first-order chi connectivity index (χ1) is 12.9. The third-order valence-electron chi connectivity index (χ3n) is 4.61. The molecule has 2 aromatic heterocycles. The van der Waals surface area contributed by atoms with Crippen molar-refractivity contribution in [3.8, 4) is 0 Å². The van der Waals surface area contributed by atoms with Gasteiger partial charge in [0.15, 0.2) is 5.69 Å². The summed E-state index contributed by atoms with van der Waals surface area (Å²) in [5.74, 6) is 0. The number of aliphatic imine (C=N–C) groups is 1. The Labute approximate surface area is 153 Å². The van der Waals surface area contributed by atoms with E-state index in [-0.39, 0.29) is 5.56 Å². The molecule has 0 atom stereocenters. The van der Waals surface area contributed by atoms with Crippen LogP contribution in [0.15, 0.2) is 47.2 Å². The second kappa shape index (κ2) is 6.68. The summed E-state index contributed by atoms with van der Waals surface area (Å²) < 4.78 is 41.8. The van der Waals surface area contributed by atoms with Crippen LogP contribution in [0.4, 0.5) is 18.9 Å². The molecule has 0 aliphatic heterocycles. The van der Waals surface area contributed by atoms with Crippen LogP contribution in [0, 0.1) is 0 Å². The van der Waals surface area contributed by atoms with Crippen LogP contribution in [-0.4, -0.2) is 25.7 Å². The fraction of sp³-hybridized carbons (Fsp3) is 0.316. The minimum absolute atomic E-state index is 0.0189. The zero-order valence-corrected chi connectivity index (χ0v) is 14.7. The number of alkyl halides is 3. The average molecular weight is 373 g/mol. The molecule has 0 amide bonds. The summed E-state index contributed by atoms with van der Waals surface area (Å²) in [4.78, 5) is 4.62. The standard InChI is InChI=1S/C19H18F3N5/c1-27-11-15(18(26-27)19(20,21)22)17(12-5-3-2-4-6-12)24-14-7-8-16-13(9-14)10-23-25-16/h5,7-11H,2-4,6H2,1H3,(H,23,25). The molecule has 0 spiro atoms. The number of H-pyrrole nitrogens is 1. The number of aromatic amines is 1. The van der Waals surface area contributed by atoms with E-state index < -0.39 is 11.9 Å². The lowest BCUT2D eigenvalue weighted by Crippen LogP contribution is -2.15. The first-order valence-corrected chi connectivity index (χ1v) is 8.74. The van der Waals surface area contributed by atoms with Crippen molar-refractivity contribution in [2.75, 3.05) is 0 Å². The van der Waals surface area contributed by atoms with Gasteiger partial charge < -0.3 is 0 Å². The maximum Gasteiger partial charge on any atom is 0.435 e. The minimum atomic E-state index is -4.54. The Kier molecular flexibility index (Phi) is 4.33. The summed E-state index contributed by atoms with van der Waals surface area (Å²) in [6.45, 7) is 0. The number of aromatic nitrogens is 4. The molecule has 0 bridgehead atoms. The van der Waals surface area contributed by atoms with Gasteiger partial charge in [0.05, 0.1) is 28.7 Å². The van der Waals surface area contributed by atoms with Crippen molar-refractivity contribution in [3.63, 3.8) is 0 Å². The molecule has 27 heavy (non-hydrogen) atoms. The number of nitrogens with one attached hydrogen (secondary N) is 1. The summed E-state index contributed by atoms with van der Waals surface area (Å²) in [6.07, 6.45) is 4.04. The number of fused-ring (bicyclic) bond motifs is 1. The Bertz CT molecular complexity index is 1040. The monoisotopic (exact) mass is 373 g/mol. The molecule has 0 fully saturated rings. The van der Waals surface area contributed by atoms with Gasteiger partial charge in [0, 0.05) is 18.6 Å². The van der Waals surface area contributed by atoms with Gasteiger partial charge in [0.1, 0.15) is 0 Å². The van der Waals surface area contributed by atoms with Gasteiger partial charge in [-0.2, -0.15) is 23.4 Å². The number of rotatable bonds is 3. The molecule has 0 unspecified atom stereocenters. The van der Waals surface area contributed by atoms with E-state index in [1.807, 2.05) is 18.2 Å². The van der Waals surface area contributed by atoms with Crippen molar-refractivity contribution in [2.24, 2.45) is 12.0 Å². The van der Waals surface area contributed by atoms with Crippen molar-refractivity contribution < 1.29 is 13.2 Å².